The second-order valence-corrected chi connectivity index (χ2v) is 6.25. The molecular formula is C18H18Cl2N2O2. The predicted molar refractivity (Wildman–Crippen MR) is 97.4 cm³/mol. The summed E-state index contributed by atoms with van der Waals surface area (Å²) >= 11 is 11.9. The van der Waals surface area contributed by atoms with Crippen molar-refractivity contribution in [3.05, 3.63) is 64.1 Å². The summed E-state index contributed by atoms with van der Waals surface area (Å²) in [5, 5.41) is 0.738. The predicted octanol–water partition coefficient (Wildman–Crippen LogP) is 4.00. The maximum Gasteiger partial charge on any atom is 0.242 e. The number of carbonyl (C=O) groups excluding carboxylic acids is 2. The summed E-state index contributed by atoms with van der Waals surface area (Å²) in [5.41, 5.74) is 1.57. The lowest BCUT2D eigenvalue weighted by molar-refractivity contribution is -0.130. The van der Waals surface area contributed by atoms with Gasteiger partial charge in [0.05, 0.1) is 10.0 Å². The Morgan fingerprint density at radius 3 is 2.25 bits per heavy atom. The van der Waals surface area contributed by atoms with E-state index in [1.807, 2.05) is 30.3 Å². The smallest absolute Gasteiger partial charge is 0.242 e. The average Bonchev–Trinajstić information content (AvgIpc) is 2.55. The topological polar surface area (TPSA) is 40.6 Å². The van der Waals surface area contributed by atoms with Gasteiger partial charge in [-0.05, 0) is 23.8 Å². The number of benzene rings is 2. The Kier molecular flexibility index (Phi) is 6.23. The van der Waals surface area contributed by atoms with E-state index >= 15 is 0 Å². The number of anilines is 1. The molecule has 0 radical (unpaired) electrons. The monoisotopic (exact) mass is 364 g/mol. The van der Waals surface area contributed by atoms with Crippen molar-refractivity contribution in [1.82, 2.24) is 4.90 Å². The van der Waals surface area contributed by atoms with Gasteiger partial charge >= 0.3 is 0 Å². The van der Waals surface area contributed by atoms with Crippen molar-refractivity contribution in [2.24, 2.45) is 0 Å². The third kappa shape index (κ3) is 4.73. The lowest BCUT2D eigenvalue weighted by Gasteiger charge is -2.25. The van der Waals surface area contributed by atoms with E-state index in [2.05, 4.69) is 0 Å². The molecule has 2 aromatic rings. The summed E-state index contributed by atoms with van der Waals surface area (Å²) in [7, 11) is 1.71. The van der Waals surface area contributed by atoms with E-state index in [0.29, 0.717) is 22.3 Å². The fourth-order valence-corrected chi connectivity index (χ4v) is 2.53. The Morgan fingerprint density at radius 2 is 1.67 bits per heavy atom. The molecule has 2 aromatic carbocycles. The van der Waals surface area contributed by atoms with Crippen LogP contribution in [0.1, 0.15) is 12.5 Å². The first-order valence-electron chi connectivity index (χ1n) is 7.39. The zero-order valence-electron chi connectivity index (χ0n) is 13.5. The quantitative estimate of drug-likeness (QED) is 0.804. The van der Waals surface area contributed by atoms with Crippen LogP contribution in [0.2, 0.25) is 10.0 Å². The Bertz CT molecular complexity index is 735. The Morgan fingerprint density at radius 1 is 1.00 bits per heavy atom. The summed E-state index contributed by atoms with van der Waals surface area (Å²) in [6, 6.07) is 14.5. The second kappa shape index (κ2) is 8.18. The highest BCUT2D eigenvalue weighted by Crippen LogP contribution is 2.27. The molecule has 0 bridgehead atoms. The maximum atomic E-state index is 12.5. The zero-order chi connectivity index (χ0) is 17.7. The van der Waals surface area contributed by atoms with Crippen LogP contribution < -0.4 is 4.90 Å². The first-order valence-corrected chi connectivity index (χ1v) is 8.15. The summed E-state index contributed by atoms with van der Waals surface area (Å²) in [6.07, 6.45) is 0. The van der Waals surface area contributed by atoms with Crippen LogP contribution in [-0.2, 0) is 16.1 Å². The minimum Gasteiger partial charge on any atom is -0.340 e. The van der Waals surface area contributed by atoms with Gasteiger partial charge in [0.1, 0.15) is 6.54 Å². The number of nitrogens with zero attached hydrogens (tertiary/aromatic N) is 2. The summed E-state index contributed by atoms with van der Waals surface area (Å²) in [5.74, 6) is -0.407. The molecule has 0 N–H and O–H groups in total. The van der Waals surface area contributed by atoms with Crippen LogP contribution in [0, 0.1) is 0 Å². The van der Waals surface area contributed by atoms with Crippen molar-refractivity contribution < 1.29 is 9.59 Å². The Hall–Kier alpha value is -2.04. The highest BCUT2D eigenvalue weighted by Gasteiger charge is 2.19. The Balaban J connectivity index is 2.10. The van der Waals surface area contributed by atoms with Gasteiger partial charge in [0.25, 0.3) is 0 Å². The minimum absolute atomic E-state index is 0.0589. The third-order valence-electron chi connectivity index (χ3n) is 3.58. The first-order chi connectivity index (χ1) is 11.4. The molecule has 24 heavy (non-hydrogen) atoms. The fourth-order valence-electron chi connectivity index (χ4n) is 2.24. The van der Waals surface area contributed by atoms with Crippen LogP contribution in [0.15, 0.2) is 48.5 Å². The van der Waals surface area contributed by atoms with Gasteiger partial charge in [0.15, 0.2) is 0 Å². The summed E-state index contributed by atoms with van der Waals surface area (Å²) < 4.78 is 0. The third-order valence-corrected chi connectivity index (χ3v) is 4.32. The molecule has 0 unspecified atom stereocenters. The molecule has 0 spiro atoms. The summed E-state index contributed by atoms with van der Waals surface area (Å²) in [4.78, 5) is 27.4. The molecule has 2 rings (SSSR count). The van der Waals surface area contributed by atoms with E-state index in [1.165, 1.54) is 11.8 Å². The molecule has 0 saturated carbocycles. The molecule has 0 aromatic heterocycles. The van der Waals surface area contributed by atoms with Gasteiger partial charge in [-0.25, -0.2) is 0 Å². The SMILES string of the molecule is CC(=O)N(CC(=O)N(C)Cc1ccccc1)c1ccc(Cl)c(Cl)c1. The van der Waals surface area contributed by atoms with Crippen LogP contribution in [0.5, 0.6) is 0 Å². The van der Waals surface area contributed by atoms with Crippen molar-refractivity contribution in [3.8, 4) is 0 Å². The number of rotatable bonds is 5. The summed E-state index contributed by atoms with van der Waals surface area (Å²) in [6.45, 7) is 1.83. The molecule has 0 saturated heterocycles. The maximum absolute atomic E-state index is 12.5. The lowest BCUT2D eigenvalue weighted by Crippen LogP contribution is -2.40. The van der Waals surface area contributed by atoms with E-state index < -0.39 is 0 Å². The molecule has 126 valence electrons. The van der Waals surface area contributed by atoms with E-state index in [9.17, 15) is 9.59 Å². The van der Waals surface area contributed by atoms with Gasteiger partial charge in [-0.15, -0.1) is 0 Å². The largest absolute Gasteiger partial charge is 0.340 e. The zero-order valence-corrected chi connectivity index (χ0v) is 15.0. The van der Waals surface area contributed by atoms with Gasteiger partial charge in [-0.3, -0.25) is 9.59 Å². The van der Waals surface area contributed by atoms with Crippen molar-refractivity contribution in [3.63, 3.8) is 0 Å². The molecule has 0 atom stereocenters. The van der Waals surface area contributed by atoms with Gasteiger partial charge < -0.3 is 9.80 Å². The molecule has 0 aliphatic heterocycles. The highest BCUT2D eigenvalue weighted by molar-refractivity contribution is 6.42. The van der Waals surface area contributed by atoms with Crippen molar-refractivity contribution in [1.29, 1.82) is 0 Å². The standard InChI is InChI=1S/C18H18Cl2N2O2/c1-13(23)22(15-8-9-16(19)17(20)10-15)12-18(24)21(2)11-14-6-4-3-5-7-14/h3-10H,11-12H2,1-2H3. The minimum atomic E-state index is -0.241. The molecular weight excluding hydrogens is 347 g/mol. The molecule has 2 amide bonds. The van der Waals surface area contributed by atoms with E-state index in [-0.39, 0.29) is 18.4 Å². The van der Waals surface area contributed by atoms with Crippen LogP contribution in [0.4, 0.5) is 5.69 Å². The lowest BCUT2D eigenvalue weighted by atomic mass is 10.2. The van der Waals surface area contributed by atoms with Gasteiger partial charge in [-0.2, -0.15) is 0 Å². The second-order valence-electron chi connectivity index (χ2n) is 5.44. The van der Waals surface area contributed by atoms with Gasteiger partial charge in [0, 0.05) is 26.2 Å². The normalized spacial score (nSPS) is 10.3. The average molecular weight is 365 g/mol. The number of likely N-dealkylation sites (N-methyl/N-ethyl adjacent to an activating group) is 1. The van der Waals surface area contributed by atoms with Gasteiger partial charge in [0.2, 0.25) is 11.8 Å². The van der Waals surface area contributed by atoms with Crippen LogP contribution in [0.3, 0.4) is 0 Å². The van der Waals surface area contributed by atoms with E-state index in [1.54, 1.807) is 30.1 Å². The molecule has 6 heteroatoms. The van der Waals surface area contributed by atoms with Crippen molar-refractivity contribution in [2.75, 3.05) is 18.5 Å². The van der Waals surface area contributed by atoms with E-state index in [4.69, 9.17) is 23.2 Å². The number of carbonyl (C=O) groups is 2. The number of amides is 2. The number of halogens is 2. The van der Waals surface area contributed by atoms with Crippen LogP contribution in [0.25, 0.3) is 0 Å². The fraction of sp³-hybridized carbons (Fsp3) is 0.222. The molecule has 0 fully saturated rings. The molecule has 0 aliphatic carbocycles. The Labute approximate surface area is 151 Å². The van der Waals surface area contributed by atoms with Crippen LogP contribution in [-0.4, -0.2) is 30.3 Å². The molecule has 0 heterocycles. The van der Waals surface area contributed by atoms with Crippen molar-refractivity contribution in [2.45, 2.75) is 13.5 Å². The molecule has 0 aliphatic rings. The highest BCUT2D eigenvalue weighted by atomic mass is 35.5. The van der Waals surface area contributed by atoms with E-state index in [0.717, 1.165) is 5.56 Å². The van der Waals surface area contributed by atoms with Crippen LogP contribution >= 0.6 is 23.2 Å². The molecule has 4 nitrogen and oxygen atoms in total. The van der Waals surface area contributed by atoms with Crippen molar-refractivity contribution >= 4 is 40.7 Å². The van der Waals surface area contributed by atoms with Gasteiger partial charge in [-0.1, -0.05) is 53.5 Å². The number of hydrogen-bond acceptors (Lipinski definition) is 2. The number of hydrogen-bond donors (Lipinski definition) is 0. The first kappa shape index (κ1) is 18.3.